The van der Waals surface area contributed by atoms with Gasteiger partial charge in [-0.2, -0.15) is 10.2 Å². The van der Waals surface area contributed by atoms with E-state index in [-0.39, 0.29) is 23.6 Å². The Labute approximate surface area is 232 Å². The van der Waals surface area contributed by atoms with Gasteiger partial charge >= 0.3 is 13.7 Å². The molecular weight excluding hydrogens is 541 g/mol. The molecule has 1 fully saturated rings. The minimum Gasteiger partial charge on any atom is -0.464 e. The Morgan fingerprint density at radius 2 is 1.95 bits per heavy atom. The van der Waals surface area contributed by atoms with Gasteiger partial charge in [0.15, 0.2) is 5.82 Å². The fourth-order valence-corrected chi connectivity index (χ4v) is 5.74. The molecule has 40 heavy (non-hydrogen) atoms. The molecule has 0 spiro atoms. The molecule has 2 aromatic heterocycles. The quantitative estimate of drug-likeness (QED) is 0.204. The van der Waals surface area contributed by atoms with E-state index in [4.69, 9.17) is 24.3 Å². The zero-order valence-electron chi connectivity index (χ0n) is 23.1. The van der Waals surface area contributed by atoms with E-state index >= 15 is 0 Å². The summed E-state index contributed by atoms with van der Waals surface area (Å²) in [6.07, 6.45) is -2.68. The van der Waals surface area contributed by atoms with Gasteiger partial charge in [-0.25, -0.2) is 14.1 Å². The number of benzene rings is 1. The molecule has 0 aliphatic carbocycles. The molecule has 5 N–H and O–H groups in total. The number of carbonyl (C=O) groups is 1. The van der Waals surface area contributed by atoms with Crippen molar-refractivity contribution in [2.24, 2.45) is 5.41 Å². The highest BCUT2D eigenvalue weighted by atomic mass is 31.2. The number of nitrogens with zero attached hydrogens (tertiary/aromatic N) is 3. The van der Waals surface area contributed by atoms with Gasteiger partial charge in [0.2, 0.25) is 0 Å². The Balaban J connectivity index is 1.52. The molecule has 1 aliphatic heterocycles. The number of hydrogen-bond acceptors (Lipinski definition) is 11. The SMILES string of the molecule is C[C@H](N[P@](=O)(OC[C@H]1O[C@@](C)(c2ccc3c(N)ncnn23)[C@H](O)[C@@H]1O)Oc1ccccc1)C(=O)OCC(C)(C)C. The second kappa shape index (κ2) is 11.4. The molecule has 6 atom stereocenters. The van der Waals surface area contributed by atoms with Crippen LogP contribution in [0.3, 0.4) is 0 Å². The van der Waals surface area contributed by atoms with Gasteiger partial charge in [0.05, 0.1) is 18.9 Å². The molecule has 3 heterocycles. The first-order chi connectivity index (χ1) is 18.7. The number of nitrogens with one attached hydrogen (secondary N) is 1. The van der Waals surface area contributed by atoms with Crippen LogP contribution in [0.15, 0.2) is 48.8 Å². The first-order valence-corrected chi connectivity index (χ1v) is 14.3. The minimum absolute atomic E-state index is 0.159. The molecule has 4 rings (SSSR count). The third-order valence-electron chi connectivity index (χ3n) is 6.39. The van der Waals surface area contributed by atoms with Crippen molar-refractivity contribution < 1.29 is 38.1 Å². The summed E-state index contributed by atoms with van der Waals surface area (Å²) in [5, 5.41) is 28.7. The van der Waals surface area contributed by atoms with Crippen molar-refractivity contribution in [3.05, 3.63) is 54.5 Å². The molecule has 13 nitrogen and oxygen atoms in total. The normalized spacial score (nSPS) is 25.4. The number of hydrogen-bond donors (Lipinski definition) is 4. The number of aliphatic hydroxyl groups is 2. The predicted octanol–water partition coefficient (Wildman–Crippen LogP) is 2.42. The zero-order chi connectivity index (χ0) is 29.3. The molecular formula is C26H36N5O8P. The van der Waals surface area contributed by atoms with E-state index in [0.717, 1.165) is 0 Å². The number of fused-ring (bicyclic) bond motifs is 1. The highest BCUT2D eigenvalue weighted by Gasteiger charge is 2.54. The number of ether oxygens (including phenoxy) is 2. The Bertz CT molecular complexity index is 1380. The second-order valence-corrected chi connectivity index (χ2v) is 12.8. The predicted molar refractivity (Wildman–Crippen MR) is 145 cm³/mol. The molecule has 0 radical (unpaired) electrons. The van der Waals surface area contributed by atoms with E-state index in [1.165, 1.54) is 17.8 Å². The molecule has 1 aromatic carbocycles. The van der Waals surface area contributed by atoms with E-state index in [1.54, 1.807) is 49.4 Å². The van der Waals surface area contributed by atoms with Crippen molar-refractivity contribution in [2.75, 3.05) is 18.9 Å². The number of esters is 1. The highest BCUT2D eigenvalue weighted by Crippen LogP contribution is 2.47. The van der Waals surface area contributed by atoms with Crippen LogP contribution < -0.4 is 15.3 Å². The zero-order valence-corrected chi connectivity index (χ0v) is 23.9. The second-order valence-electron chi connectivity index (χ2n) is 11.1. The number of aliphatic hydroxyl groups excluding tert-OH is 2. The van der Waals surface area contributed by atoms with E-state index in [1.807, 2.05) is 20.8 Å². The Morgan fingerprint density at radius 1 is 1.25 bits per heavy atom. The number of nitrogens with two attached hydrogens (primary N) is 1. The summed E-state index contributed by atoms with van der Waals surface area (Å²) in [5.41, 5.74) is 5.16. The van der Waals surface area contributed by atoms with E-state index in [0.29, 0.717) is 11.2 Å². The summed E-state index contributed by atoms with van der Waals surface area (Å²) < 4.78 is 38.1. The summed E-state index contributed by atoms with van der Waals surface area (Å²) in [7, 11) is -4.23. The van der Waals surface area contributed by atoms with Crippen LogP contribution in [-0.4, -0.2) is 68.3 Å². The monoisotopic (exact) mass is 577 g/mol. The lowest BCUT2D eigenvalue weighted by atomic mass is 9.93. The minimum atomic E-state index is -4.23. The van der Waals surface area contributed by atoms with Crippen LogP contribution in [0.25, 0.3) is 5.52 Å². The summed E-state index contributed by atoms with van der Waals surface area (Å²) in [6, 6.07) is 10.6. The van der Waals surface area contributed by atoms with Crippen LogP contribution in [0.2, 0.25) is 0 Å². The van der Waals surface area contributed by atoms with Gasteiger partial charge in [-0.15, -0.1) is 0 Å². The maximum absolute atomic E-state index is 13.8. The molecule has 0 bridgehead atoms. The van der Waals surface area contributed by atoms with Crippen molar-refractivity contribution in [3.63, 3.8) is 0 Å². The molecule has 1 aliphatic rings. The van der Waals surface area contributed by atoms with Crippen molar-refractivity contribution in [2.45, 2.75) is 64.6 Å². The van der Waals surface area contributed by atoms with Gasteiger partial charge in [-0.1, -0.05) is 39.0 Å². The third kappa shape index (κ3) is 6.46. The van der Waals surface area contributed by atoms with Crippen LogP contribution in [0.4, 0.5) is 5.82 Å². The molecule has 0 saturated carbocycles. The maximum Gasteiger partial charge on any atom is 0.459 e. The number of para-hydroxylation sites is 1. The summed E-state index contributed by atoms with van der Waals surface area (Å²) in [4.78, 5) is 16.5. The van der Waals surface area contributed by atoms with E-state index in [2.05, 4.69) is 15.2 Å². The molecule has 1 saturated heterocycles. The van der Waals surface area contributed by atoms with Crippen LogP contribution in [0.5, 0.6) is 5.75 Å². The first kappa shape index (κ1) is 29.9. The molecule has 0 amide bonds. The lowest BCUT2D eigenvalue weighted by molar-refractivity contribution is -0.148. The van der Waals surface area contributed by atoms with Gasteiger partial charge in [-0.05, 0) is 43.5 Å². The maximum atomic E-state index is 13.8. The van der Waals surface area contributed by atoms with Crippen molar-refractivity contribution >= 4 is 25.1 Å². The average Bonchev–Trinajstić information content (AvgIpc) is 3.43. The average molecular weight is 578 g/mol. The Kier molecular flexibility index (Phi) is 8.55. The lowest BCUT2D eigenvalue weighted by Gasteiger charge is -2.27. The molecule has 3 aromatic rings. The fraction of sp³-hybridized carbons (Fsp3) is 0.500. The topological polar surface area (TPSA) is 180 Å². The van der Waals surface area contributed by atoms with Crippen LogP contribution in [0.1, 0.15) is 40.3 Å². The van der Waals surface area contributed by atoms with Crippen molar-refractivity contribution in [1.82, 2.24) is 19.7 Å². The van der Waals surface area contributed by atoms with Gasteiger partial charge in [0.1, 0.15) is 47.5 Å². The van der Waals surface area contributed by atoms with Crippen LogP contribution in [-0.2, 0) is 29.0 Å². The Hall–Kier alpha value is -3.06. The van der Waals surface area contributed by atoms with Gasteiger partial charge < -0.3 is 29.9 Å². The van der Waals surface area contributed by atoms with Gasteiger partial charge in [0, 0.05) is 0 Å². The smallest absolute Gasteiger partial charge is 0.459 e. The summed E-state index contributed by atoms with van der Waals surface area (Å²) in [6.45, 7) is 8.52. The van der Waals surface area contributed by atoms with Crippen LogP contribution in [0, 0.1) is 5.41 Å². The van der Waals surface area contributed by atoms with E-state index in [9.17, 15) is 19.6 Å². The van der Waals surface area contributed by atoms with Gasteiger partial charge in [-0.3, -0.25) is 9.32 Å². The molecule has 218 valence electrons. The van der Waals surface area contributed by atoms with Crippen LogP contribution >= 0.6 is 7.75 Å². The number of nitrogen functional groups attached to an aromatic ring is 1. The number of aromatic nitrogens is 3. The first-order valence-electron chi connectivity index (χ1n) is 12.8. The van der Waals surface area contributed by atoms with Crippen molar-refractivity contribution in [3.8, 4) is 5.75 Å². The van der Waals surface area contributed by atoms with Crippen molar-refractivity contribution in [1.29, 1.82) is 0 Å². The van der Waals surface area contributed by atoms with Gasteiger partial charge in [0.25, 0.3) is 0 Å². The number of carbonyl (C=O) groups excluding carboxylic acids is 1. The highest BCUT2D eigenvalue weighted by molar-refractivity contribution is 7.52. The largest absolute Gasteiger partial charge is 0.464 e. The Morgan fingerprint density at radius 3 is 2.62 bits per heavy atom. The standard InChI is InChI=1S/C26H36N5O8P/c1-16(24(34)36-14-25(2,3)4)30-40(35,39-17-9-7-6-8-10-17)37-13-19-21(32)22(33)26(5,38-19)20-12-11-18-23(27)28-15-29-31(18)20/h6-12,15-16,19,21-22,32-33H,13-14H2,1-5H3,(H,30,35)(H2,27,28,29)/t16-,19+,21+,22+,26-,40-/m0/s1. The third-order valence-corrected chi connectivity index (χ3v) is 8.03. The fourth-order valence-electron chi connectivity index (χ4n) is 4.24. The summed E-state index contributed by atoms with van der Waals surface area (Å²) >= 11 is 0. The lowest BCUT2D eigenvalue weighted by Crippen LogP contribution is -2.40. The number of anilines is 1. The van der Waals surface area contributed by atoms with E-state index < -0.39 is 50.3 Å². The summed E-state index contributed by atoms with van der Waals surface area (Å²) in [5.74, 6) is -0.182. The molecule has 0 unspecified atom stereocenters. The molecule has 14 heteroatoms. The number of rotatable bonds is 10.